The molecule has 0 amide bonds. The molecule has 2 aromatic heterocycles. The molecule has 5 nitrogen and oxygen atoms in total. The molecule has 0 aromatic carbocycles. The fourth-order valence-corrected chi connectivity index (χ4v) is 0.954. The molecule has 2 aromatic rings. The van der Waals surface area contributed by atoms with Crippen LogP contribution in [0.3, 0.4) is 0 Å². The fraction of sp³-hybridized carbons (Fsp3) is 0. The average molecular weight is 257 g/mol. The van der Waals surface area contributed by atoms with Crippen molar-refractivity contribution in [3.05, 3.63) is 47.0 Å². The Morgan fingerprint density at radius 1 is 1.00 bits per heavy atom. The first-order valence-corrected chi connectivity index (χ1v) is 4.83. The summed E-state index contributed by atoms with van der Waals surface area (Å²) in [4.78, 5) is 24.7. The zero-order valence-electron chi connectivity index (χ0n) is 7.92. The Morgan fingerprint density at radius 3 is 2.06 bits per heavy atom. The summed E-state index contributed by atoms with van der Waals surface area (Å²) in [6.45, 7) is 0. The molecule has 2 heterocycles. The first kappa shape index (κ1) is 12.5. The predicted octanol–water partition coefficient (Wildman–Crippen LogP) is 2.07. The Hall–Kier alpha value is -1.59. The van der Waals surface area contributed by atoms with Crippen molar-refractivity contribution >= 4 is 29.5 Å². The van der Waals surface area contributed by atoms with Gasteiger partial charge in [-0.15, -0.1) is 0 Å². The van der Waals surface area contributed by atoms with Crippen LogP contribution >= 0.6 is 23.2 Å². The lowest BCUT2D eigenvalue weighted by molar-refractivity contribution is 0.111. The minimum absolute atomic E-state index is 0.146. The van der Waals surface area contributed by atoms with E-state index < -0.39 is 0 Å². The van der Waals surface area contributed by atoms with Crippen LogP contribution in [0.2, 0.25) is 10.3 Å². The number of nitrogens with zero attached hydrogens (tertiary/aromatic N) is 4. The minimum atomic E-state index is 0.146. The number of hydrogen-bond donors (Lipinski definition) is 0. The van der Waals surface area contributed by atoms with Crippen LogP contribution in [0.4, 0.5) is 0 Å². The maximum Gasteiger partial charge on any atom is 0.171 e. The average Bonchev–Trinajstić information content (AvgIpc) is 2.31. The third kappa shape index (κ3) is 4.29. The lowest BCUT2D eigenvalue weighted by atomic mass is 10.5. The van der Waals surface area contributed by atoms with Gasteiger partial charge in [0.25, 0.3) is 0 Å². The van der Waals surface area contributed by atoms with Crippen molar-refractivity contribution in [2.45, 2.75) is 0 Å². The molecule has 0 atom stereocenters. The van der Waals surface area contributed by atoms with Crippen LogP contribution in [-0.2, 0) is 0 Å². The van der Waals surface area contributed by atoms with E-state index in [0.29, 0.717) is 11.4 Å². The second kappa shape index (κ2) is 6.81. The third-order valence-corrected chi connectivity index (χ3v) is 1.81. The van der Waals surface area contributed by atoms with Crippen molar-refractivity contribution in [3.8, 4) is 0 Å². The number of carbonyl (C=O) groups is 1. The van der Waals surface area contributed by atoms with E-state index in [2.05, 4.69) is 19.9 Å². The molecule has 82 valence electrons. The van der Waals surface area contributed by atoms with Gasteiger partial charge in [-0.25, -0.2) is 15.0 Å². The summed E-state index contributed by atoms with van der Waals surface area (Å²) in [6, 6.07) is 0. The highest BCUT2D eigenvalue weighted by Gasteiger charge is 1.96. The van der Waals surface area contributed by atoms with Gasteiger partial charge in [-0.05, 0) is 0 Å². The molecule has 0 saturated carbocycles. The van der Waals surface area contributed by atoms with Crippen LogP contribution < -0.4 is 0 Å². The first-order chi connectivity index (χ1) is 7.74. The smallest absolute Gasteiger partial charge is 0.171 e. The summed E-state index contributed by atoms with van der Waals surface area (Å²) in [6.07, 6.45) is 8.01. The second-order valence-electron chi connectivity index (χ2n) is 2.38. The highest BCUT2D eigenvalue weighted by Crippen LogP contribution is 2.04. The molecule has 0 bridgehead atoms. The number of halogens is 2. The third-order valence-electron chi connectivity index (χ3n) is 1.32. The molecule has 0 unspecified atom stereocenters. The zero-order valence-corrected chi connectivity index (χ0v) is 9.43. The van der Waals surface area contributed by atoms with Crippen molar-refractivity contribution in [1.82, 2.24) is 19.9 Å². The van der Waals surface area contributed by atoms with Crippen LogP contribution in [0.5, 0.6) is 0 Å². The SMILES string of the molecule is Clc1cnccn1.O=Cc1nccnc1Cl. The van der Waals surface area contributed by atoms with E-state index in [9.17, 15) is 4.79 Å². The van der Waals surface area contributed by atoms with Gasteiger partial charge >= 0.3 is 0 Å². The number of aromatic nitrogens is 4. The molecule has 0 fully saturated rings. The number of rotatable bonds is 1. The molecular formula is C9H6Cl2N4O. The summed E-state index contributed by atoms with van der Waals surface area (Å²) >= 11 is 10.8. The zero-order chi connectivity index (χ0) is 11.8. The Kier molecular flexibility index (Phi) is 5.31. The van der Waals surface area contributed by atoms with Crippen LogP contribution in [-0.4, -0.2) is 26.2 Å². The van der Waals surface area contributed by atoms with Gasteiger partial charge < -0.3 is 0 Å². The Balaban J connectivity index is 0.000000165. The molecule has 0 spiro atoms. The Bertz CT molecular complexity index is 452. The maximum absolute atomic E-state index is 10.0. The van der Waals surface area contributed by atoms with E-state index in [-0.39, 0.29) is 10.8 Å². The summed E-state index contributed by atoms with van der Waals surface area (Å²) in [5, 5.41) is 0.579. The molecular weight excluding hydrogens is 251 g/mol. The van der Waals surface area contributed by atoms with E-state index in [4.69, 9.17) is 23.2 Å². The molecule has 0 aliphatic carbocycles. The highest BCUT2D eigenvalue weighted by molar-refractivity contribution is 6.31. The lowest BCUT2D eigenvalue weighted by Crippen LogP contribution is -1.88. The van der Waals surface area contributed by atoms with Crippen LogP contribution in [0.1, 0.15) is 10.5 Å². The molecule has 2 rings (SSSR count). The van der Waals surface area contributed by atoms with Gasteiger partial charge in [-0.1, -0.05) is 23.2 Å². The normalized spacial score (nSPS) is 8.88. The lowest BCUT2D eigenvalue weighted by Gasteiger charge is -1.88. The van der Waals surface area contributed by atoms with E-state index in [1.54, 1.807) is 12.4 Å². The van der Waals surface area contributed by atoms with Gasteiger partial charge in [0.2, 0.25) is 0 Å². The molecule has 7 heteroatoms. The molecule has 16 heavy (non-hydrogen) atoms. The van der Waals surface area contributed by atoms with Crippen molar-refractivity contribution in [1.29, 1.82) is 0 Å². The van der Waals surface area contributed by atoms with Gasteiger partial charge in [0.05, 0.1) is 6.20 Å². The predicted molar refractivity (Wildman–Crippen MR) is 59.5 cm³/mol. The molecule has 0 radical (unpaired) electrons. The molecule has 0 N–H and O–H groups in total. The van der Waals surface area contributed by atoms with Crippen molar-refractivity contribution < 1.29 is 4.79 Å². The van der Waals surface area contributed by atoms with Crippen molar-refractivity contribution in [3.63, 3.8) is 0 Å². The molecule has 0 aliphatic heterocycles. The number of hydrogen-bond acceptors (Lipinski definition) is 5. The van der Waals surface area contributed by atoms with Gasteiger partial charge in [0, 0.05) is 24.8 Å². The van der Waals surface area contributed by atoms with Crippen molar-refractivity contribution in [2.75, 3.05) is 0 Å². The summed E-state index contributed by atoms with van der Waals surface area (Å²) in [7, 11) is 0. The summed E-state index contributed by atoms with van der Waals surface area (Å²) in [5.41, 5.74) is 0.180. The Morgan fingerprint density at radius 2 is 1.69 bits per heavy atom. The maximum atomic E-state index is 10.0. The fourth-order valence-electron chi connectivity index (χ4n) is 0.692. The quantitative estimate of drug-likeness (QED) is 0.731. The van der Waals surface area contributed by atoms with E-state index >= 15 is 0 Å². The van der Waals surface area contributed by atoms with E-state index in [0.717, 1.165) is 0 Å². The second-order valence-corrected chi connectivity index (χ2v) is 3.12. The minimum Gasteiger partial charge on any atom is -0.296 e. The first-order valence-electron chi connectivity index (χ1n) is 4.07. The molecule has 0 aliphatic rings. The van der Waals surface area contributed by atoms with Gasteiger partial charge in [-0.2, -0.15) is 0 Å². The monoisotopic (exact) mass is 256 g/mol. The molecule has 0 saturated heterocycles. The van der Waals surface area contributed by atoms with Gasteiger partial charge in [-0.3, -0.25) is 9.78 Å². The standard InChI is InChI=1S/C5H3ClN2O.C4H3ClN2/c6-5-4(3-9)7-1-2-8-5;5-4-3-6-1-2-7-4/h1-3H;1-3H. The summed E-state index contributed by atoms with van der Waals surface area (Å²) in [5.74, 6) is 0. The van der Waals surface area contributed by atoms with Crippen molar-refractivity contribution in [2.24, 2.45) is 0 Å². The van der Waals surface area contributed by atoms with Crippen LogP contribution in [0.15, 0.2) is 31.0 Å². The largest absolute Gasteiger partial charge is 0.296 e. The highest BCUT2D eigenvalue weighted by atomic mass is 35.5. The number of carbonyl (C=O) groups excluding carboxylic acids is 1. The number of aldehydes is 1. The summed E-state index contributed by atoms with van der Waals surface area (Å²) < 4.78 is 0. The topological polar surface area (TPSA) is 68.6 Å². The van der Waals surface area contributed by atoms with Crippen LogP contribution in [0.25, 0.3) is 0 Å². The van der Waals surface area contributed by atoms with Gasteiger partial charge in [0.1, 0.15) is 10.8 Å². The van der Waals surface area contributed by atoms with Gasteiger partial charge in [0.15, 0.2) is 11.4 Å². The van der Waals surface area contributed by atoms with E-state index in [1.807, 2.05) is 0 Å². The Labute approximate surface area is 102 Å². The van der Waals surface area contributed by atoms with E-state index in [1.165, 1.54) is 18.6 Å². The van der Waals surface area contributed by atoms with Crippen LogP contribution in [0, 0.1) is 0 Å².